The maximum atomic E-state index is 12.3. The fraction of sp³-hybridized carbons (Fsp3) is 0.167. The van der Waals surface area contributed by atoms with E-state index in [1.807, 2.05) is 68.4 Å². The van der Waals surface area contributed by atoms with E-state index >= 15 is 0 Å². The molecule has 2 N–H and O–H groups in total. The highest BCUT2D eigenvalue weighted by Crippen LogP contribution is 2.29. The Hall–Kier alpha value is -3.60. The summed E-state index contributed by atoms with van der Waals surface area (Å²) in [6.45, 7) is 4.14. The van der Waals surface area contributed by atoms with Crippen LogP contribution in [0.15, 0.2) is 72.8 Å². The van der Waals surface area contributed by atoms with Crippen molar-refractivity contribution in [2.24, 2.45) is 0 Å². The number of rotatable bonds is 7. The molecule has 0 saturated carbocycles. The summed E-state index contributed by atoms with van der Waals surface area (Å²) in [5.41, 5.74) is 3.25. The van der Waals surface area contributed by atoms with Crippen LogP contribution in [0.2, 0.25) is 0 Å². The summed E-state index contributed by atoms with van der Waals surface area (Å²) in [5.74, 6) is 0.880. The summed E-state index contributed by atoms with van der Waals surface area (Å²) >= 11 is 0. The van der Waals surface area contributed by atoms with Crippen molar-refractivity contribution in [1.29, 1.82) is 0 Å². The number of benzene rings is 3. The van der Waals surface area contributed by atoms with Crippen molar-refractivity contribution in [2.45, 2.75) is 20.3 Å². The maximum absolute atomic E-state index is 12.3. The number of ether oxygens (including phenoxy) is 1. The van der Waals surface area contributed by atoms with Crippen LogP contribution in [0.1, 0.15) is 27.9 Å². The minimum Gasteiger partial charge on any atom is -0.455 e. The van der Waals surface area contributed by atoms with Crippen LogP contribution in [0.3, 0.4) is 0 Å². The number of carbonyl (C=O) groups is 2. The third kappa shape index (κ3) is 5.69. The van der Waals surface area contributed by atoms with Crippen molar-refractivity contribution in [2.75, 3.05) is 11.9 Å². The maximum Gasteiger partial charge on any atom is 0.251 e. The number of carbonyl (C=O) groups excluding carboxylic acids is 2. The number of para-hydroxylation sites is 2. The minimum atomic E-state index is -0.199. The van der Waals surface area contributed by atoms with Crippen LogP contribution in [-0.2, 0) is 4.79 Å². The highest BCUT2D eigenvalue weighted by Gasteiger charge is 2.11. The fourth-order valence-corrected chi connectivity index (χ4v) is 2.82. The molecule has 0 saturated heterocycles. The van der Waals surface area contributed by atoms with Crippen LogP contribution in [0.25, 0.3) is 0 Å². The molecule has 5 nitrogen and oxygen atoms in total. The zero-order valence-corrected chi connectivity index (χ0v) is 16.6. The van der Waals surface area contributed by atoms with Crippen molar-refractivity contribution < 1.29 is 14.3 Å². The second-order valence-corrected chi connectivity index (χ2v) is 6.78. The smallest absolute Gasteiger partial charge is 0.251 e. The van der Waals surface area contributed by atoms with E-state index in [0.29, 0.717) is 22.7 Å². The van der Waals surface area contributed by atoms with E-state index in [1.54, 1.807) is 18.2 Å². The first-order chi connectivity index (χ1) is 14.0. The lowest BCUT2D eigenvalue weighted by Crippen LogP contribution is -2.28. The van der Waals surface area contributed by atoms with Gasteiger partial charge >= 0.3 is 0 Å². The molecule has 0 aromatic heterocycles. The summed E-state index contributed by atoms with van der Waals surface area (Å²) in [6.07, 6.45) is 0.163. The molecule has 148 valence electrons. The van der Waals surface area contributed by atoms with E-state index in [2.05, 4.69) is 10.6 Å². The standard InChI is InChI=1S/C24H24N2O3/c1-17-11-13-19(14-12-17)29-22-10-6-5-9-21(22)26-23(27)15-16-25-24(28)20-8-4-3-7-18(20)2/h3-14H,15-16H2,1-2H3,(H,25,28)(H,26,27). The first kappa shape index (κ1) is 20.1. The Bertz CT molecular complexity index is 997. The average molecular weight is 388 g/mol. The lowest BCUT2D eigenvalue weighted by Gasteiger charge is -2.13. The minimum absolute atomic E-state index is 0.163. The number of hydrogen-bond acceptors (Lipinski definition) is 3. The molecular weight excluding hydrogens is 364 g/mol. The van der Waals surface area contributed by atoms with E-state index in [-0.39, 0.29) is 24.8 Å². The van der Waals surface area contributed by atoms with E-state index in [9.17, 15) is 9.59 Å². The van der Waals surface area contributed by atoms with Gasteiger partial charge in [0.2, 0.25) is 5.91 Å². The van der Waals surface area contributed by atoms with E-state index in [0.717, 1.165) is 11.1 Å². The number of hydrogen-bond donors (Lipinski definition) is 2. The molecular formula is C24H24N2O3. The molecule has 0 spiro atoms. The first-order valence-electron chi connectivity index (χ1n) is 9.50. The summed E-state index contributed by atoms with van der Waals surface area (Å²) in [5, 5.41) is 5.64. The largest absolute Gasteiger partial charge is 0.455 e. The number of aryl methyl sites for hydroxylation is 2. The van der Waals surface area contributed by atoms with Crippen LogP contribution >= 0.6 is 0 Å². The van der Waals surface area contributed by atoms with E-state index < -0.39 is 0 Å². The van der Waals surface area contributed by atoms with Gasteiger partial charge in [-0.05, 0) is 49.7 Å². The fourth-order valence-electron chi connectivity index (χ4n) is 2.82. The van der Waals surface area contributed by atoms with Gasteiger partial charge in [0.25, 0.3) is 5.91 Å². The molecule has 3 aromatic carbocycles. The lowest BCUT2D eigenvalue weighted by molar-refractivity contribution is -0.116. The summed E-state index contributed by atoms with van der Waals surface area (Å²) in [6, 6.07) is 22.3. The zero-order valence-electron chi connectivity index (χ0n) is 16.6. The Morgan fingerprint density at radius 3 is 2.31 bits per heavy atom. The van der Waals surface area contributed by atoms with Gasteiger partial charge in [0.15, 0.2) is 5.75 Å². The quantitative estimate of drug-likeness (QED) is 0.608. The Morgan fingerprint density at radius 2 is 1.55 bits per heavy atom. The molecule has 0 heterocycles. The van der Waals surface area contributed by atoms with Crippen LogP contribution < -0.4 is 15.4 Å². The monoisotopic (exact) mass is 388 g/mol. The topological polar surface area (TPSA) is 67.4 Å². The van der Waals surface area contributed by atoms with Crippen LogP contribution in [0, 0.1) is 13.8 Å². The van der Waals surface area contributed by atoms with Gasteiger partial charge in [0.1, 0.15) is 5.75 Å². The highest BCUT2D eigenvalue weighted by atomic mass is 16.5. The van der Waals surface area contributed by atoms with Crippen molar-refractivity contribution in [3.05, 3.63) is 89.5 Å². The molecule has 3 aromatic rings. The molecule has 5 heteroatoms. The van der Waals surface area contributed by atoms with Gasteiger partial charge in [0, 0.05) is 18.5 Å². The number of amides is 2. The molecule has 3 rings (SSSR count). The number of nitrogens with one attached hydrogen (secondary N) is 2. The number of anilines is 1. The molecule has 0 aliphatic rings. The van der Waals surface area contributed by atoms with E-state index in [4.69, 9.17) is 4.74 Å². The van der Waals surface area contributed by atoms with Crippen molar-refractivity contribution >= 4 is 17.5 Å². The normalized spacial score (nSPS) is 10.3. The molecule has 0 atom stereocenters. The third-order valence-corrected chi connectivity index (χ3v) is 4.44. The van der Waals surface area contributed by atoms with E-state index in [1.165, 1.54) is 0 Å². The molecule has 0 radical (unpaired) electrons. The molecule has 0 aliphatic heterocycles. The van der Waals surface area contributed by atoms with Gasteiger partial charge in [-0.1, -0.05) is 48.0 Å². The zero-order chi connectivity index (χ0) is 20.6. The Morgan fingerprint density at radius 1 is 0.862 bits per heavy atom. The van der Waals surface area contributed by atoms with Crippen LogP contribution in [-0.4, -0.2) is 18.4 Å². The van der Waals surface area contributed by atoms with Gasteiger partial charge in [-0.25, -0.2) is 0 Å². The Balaban J connectivity index is 1.55. The Labute approximate surface area is 170 Å². The van der Waals surface area contributed by atoms with Crippen LogP contribution in [0.4, 0.5) is 5.69 Å². The Kier molecular flexibility index (Phi) is 6.63. The van der Waals surface area contributed by atoms with Crippen molar-refractivity contribution in [3.63, 3.8) is 0 Å². The summed E-state index contributed by atoms with van der Waals surface area (Å²) in [7, 11) is 0. The van der Waals surface area contributed by atoms with Gasteiger partial charge in [-0.2, -0.15) is 0 Å². The molecule has 29 heavy (non-hydrogen) atoms. The van der Waals surface area contributed by atoms with Crippen molar-refractivity contribution in [3.8, 4) is 11.5 Å². The van der Waals surface area contributed by atoms with Gasteiger partial charge in [-0.15, -0.1) is 0 Å². The molecule has 0 fully saturated rings. The average Bonchev–Trinajstić information content (AvgIpc) is 2.71. The first-order valence-corrected chi connectivity index (χ1v) is 9.50. The second kappa shape index (κ2) is 9.55. The molecule has 0 unspecified atom stereocenters. The summed E-state index contributed by atoms with van der Waals surface area (Å²) in [4.78, 5) is 24.6. The van der Waals surface area contributed by atoms with Gasteiger partial charge < -0.3 is 15.4 Å². The third-order valence-electron chi connectivity index (χ3n) is 4.44. The molecule has 2 amide bonds. The van der Waals surface area contributed by atoms with Gasteiger partial charge in [-0.3, -0.25) is 9.59 Å². The highest BCUT2D eigenvalue weighted by molar-refractivity contribution is 5.96. The van der Waals surface area contributed by atoms with Crippen molar-refractivity contribution in [1.82, 2.24) is 5.32 Å². The summed E-state index contributed by atoms with van der Waals surface area (Å²) < 4.78 is 5.89. The predicted octanol–water partition coefficient (Wildman–Crippen LogP) is 4.85. The lowest BCUT2D eigenvalue weighted by atomic mass is 10.1. The predicted molar refractivity (Wildman–Crippen MR) is 114 cm³/mol. The van der Waals surface area contributed by atoms with Crippen LogP contribution in [0.5, 0.6) is 11.5 Å². The van der Waals surface area contributed by atoms with Gasteiger partial charge in [0.05, 0.1) is 5.69 Å². The molecule has 0 bridgehead atoms. The second-order valence-electron chi connectivity index (χ2n) is 6.78. The molecule has 0 aliphatic carbocycles. The SMILES string of the molecule is Cc1ccc(Oc2ccccc2NC(=O)CCNC(=O)c2ccccc2C)cc1.